The van der Waals surface area contributed by atoms with Gasteiger partial charge in [0, 0.05) is 4.88 Å². The lowest BCUT2D eigenvalue weighted by atomic mass is 10.0. The molecule has 1 aliphatic rings. The molecular formula is C24H24N4O5S. The Kier molecular flexibility index (Phi) is 6.78. The van der Waals surface area contributed by atoms with Gasteiger partial charge in [0.05, 0.1) is 41.0 Å². The van der Waals surface area contributed by atoms with E-state index in [0.29, 0.717) is 17.0 Å². The number of aromatic nitrogens is 2. The number of rotatable bonds is 7. The quantitative estimate of drug-likeness (QED) is 0.500. The lowest BCUT2D eigenvalue weighted by molar-refractivity contribution is -0.139. The van der Waals surface area contributed by atoms with Crippen molar-refractivity contribution in [2.75, 3.05) is 13.2 Å². The molecule has 9 nitrogen and oxygen atoms in total. The standard InChI is InChI=1S/C24H24N4O5S/c1-4-32-23(30)20-17(25-24(31)26-21(20)18-11-8-12-34-18)13-33-22(29)19-14(2)27-28(15(19)3)16-9-6-5-7-10-16/h5-12,21H,4,13H2,1-3H3,(H2,25,26,31)/t21-/m0/s1. The van der Waals surface area contributed by atoms with Gasteiger partial charge in [-0.15, -0.1) is 11.3 Å². The van der Waals surface area contributed by atoms with Crippen LogP contribution < -0.4 is 10.6 Å². The van der Waals surface area contributed by atoms with Crippen molar-refractivity contribution in [3.05, 3.63) is 80.9 Å². The summed E-state index contributed by atoms with van der Waals surface area (Å²) in [5, 5.41) is 11.7. The van der Waals surface area contributed by atoms with Crippen molar-refractivity contribution in [3.8, 4) is 5.69 Å². The van der Waals surface area contributed by atoms with Gasteiger partial charge in [0.2, 0.25) is 0 Å². The van der Waals surface area contributed by atoms with Gasteiger partial charge in [-0.05, 0) is 44.4 Å². The Morgan fingerprint density at radius 3 is 2.53 bits per heavy atom. The summed E-state index contributed by atoms with van der Waals surface area (Å²) in [6.07, 6.45) is 0. The molecule has 1 atom stereocenters. The molecule has 0 spiro atoms. The molecule has 0 fully saturated rings. The Labute approximate surface area is 200 Å². The number of urea groups is 1. The van der Waals surface area contributed by atoms with Gasteiger partial charge in [-0.2, -0.15) is 5.10 Å². The Bertz CT molecular complexity index is 1250. The van der Waals surface area contributed by atoms with E-state index in [1.807, 2.05) is 47.8 Å². The topological polar surface area (TPSA) is 112 Å². The predicted octanol–water partition coefficient (Wildman–Crippen LogP) is 3.58. The van der Waals surface area contributed by atoms with Crippen LogP contribution in [0.2, 0.25) is 0 Å². The van der Waals surface area contributed by atoms with E-state index in [0.717, 1.165) is 10.6 Å². The first-order valence-electron chi connectivity index (χ1n) is 10.7. The molecule has 0 radical (unpaired) electrons. The van der Waals surface area contributed by atoms with Crippen LogP contribution in [-0.4, -0.2) is 41.0 Å². The number of aryl methyl sites for hydroxylation is 1. The molecule has 1 aliphatic heterocycles. The van der Waals surface area contributed by atoms with Crippen molar-refractivity contribution in [3.63, 3.8) is 0 Å². The molecule has 3 heterocycles. The second-order valence-electron chi connectivity index (χ2n) is 7.53. The molecule has 176 valence electrons. The average molecular weight is 481 g/mol. The number of nitrogens with one attached hydrogen (secondary N) is 2. The monoisotopic (exact) mass is 480 g/mol. The van der Waals surface area contributed by atoms with Crippen LogP contribution in [0.4, 0.5) is 4.79 Å². The van der Waals surface area contributed by atoms with Crippen LogP contribution in [0.15, 0.2) is 59.1 Å². The first kappa shape index (κ1) is 23.2. The molecule has 0 aliphatic carbocycles. The summed E-state index contributed by atoms with van der Waals surface area (Å²) in [5.41, 5.74) is 2.66. The molecule has 2 N–H and O–H groups in total. The smallest absolute Gasteiger partial charge is 0.342 e. The van der Waals surface area contributed by atoms with Crippen LogP contribution in [0, 0.1) is 13.8 Å². The Hall–Kier alpha value is -3.92. The molecular weight excluding hydrogens is 456 g/mol. The number of hydrogen-bond donors (Lipinski definition) is 2. The van der Waals surface area contributed by atoms with E-state index in [2.05, 4.69) is 15.7 Å². The largest absolute Gasteiger partial charge is 0.463 e. The number of para-hydroxylation sites is 1. The van der Waals surface area contributed by atoms with Crippen molar-refractivity contribution < 1.29 is 23.9 Å². The van der Waals surface area contributed by atoms with Gasteiger partial charge in [0.15, 0.2) is 0 Å². The van der Waals surface area contributed by atoms with E-state index in [-0.39, 0.29) is 24.5 Å². The van der Waals surface area contributed by atoms with Gasteiger partial charge in [0.25, 0.3) is 0 Å². The van der Waals surface area contributed by atoms with Crippen molar-refractivity contribution in [2.45, 2.75) is 26.8 Å². The molecule has 4 rings (SSSR count). The Morgan fingerprint density at radius 2 is 1.85 bits per heavy atom. The van der Waals surface area contributed by atoms with Gasteiger partial charge in [-0.25, -0.2) is 19.1 Å². The van der Waals surface area contributed by atoms with Crippen LogP contribution in [0.25, 0.3) is 5.69 Å². The number of benzene rings is 1. The number of thiophene rings is 1. The molecule has 1 aromatic carbocycles. The van der Waals surface area contributed by atoms with Gasteiger partial charge in [-0.3, -0.25) is 0 Å². The van der Waals surface area contributed by atoms with Crippen LogP contribution in [-0.2, 0) is 14.3 Å². The molecule has 2 amide bonds. The van der Waals surface area contributed by atoms with Crippen LogP contribution >= 0.6 is 11.3 Å². The van der Waals surface area contributed by atoms with Crippen molar-refractivity contribution in [1.82, 2.24) is 20.4 Å². The maximum atomic E-state index is 13.0. The number of nitrogens with zero attached hydrogens (tertiary/aromatic N) is 2. The minimum absolute atomic E-state index is 0.164. The number of ether oxygens (including phenoxy) is 2. The average Bonchev–Trinajstić information content (AvgIpc) is 3.46. The normalized spacial score (nSPS) is 15.5. The van der Waals surface area contributed by atoms with E-state index in [9.17, 15) is 14.4 Å². The van der Waals surface area contributed by atoms with Gasteiger partial charge < -0.3 is 20.1 Å². The number of esters is 2. The summed E-state index contributed by atoms with van der Waals surface area (Å²) in [5.74, 6) is -1.20. The van der Waals surface area contributed by atoms with Gasteiger partial charge in [-0.1, -0.05) is 24.3 Å². The number of hydrogen-bond acceptors (Lipinski definition) is 7. The first-order valence-corrected chi connectivity index (χ1v) is 11.6. The van der Waals surface area contributed by atoms with Gasteiger partial charge >= 0.3 is 18.0 Å². The van der Waals surface area contributed by atoms with Gasteiger partial charge in [0.1, 0.15) is 12.2 Å². The van der Waals surface area contributed by atoms with Crippen molar-refractivity contribution >= 4 is 29.3 Å². The summed E-state index contributed by atoms with van der Waals surface area (Å²) in [4.78, 5) is 38.9. The Morgan fingerprint density at radius 1 is 1.09 bits per heavy atom. The molecule has 3 aromatic rings. The van der Waals surface area contributed by atoms with E-state index in [4.69, 9.17) is 9.47 Å². The maximum absolute atomic E-state index is 13.0. The second-order valence-corrected chi connectivity index (χ2v) is 8.51. The fraction of sp³-hybridized carbons (Fsp3) is 0.250. The number of carbonyl (C=O) groups excluding carboxylic acids is 3. The zero-order valence-corrected chi connectivity index (χ0v) is 19.8. The predicted molar refractivity (Wildman–Crippen MR) is 126 cm³/mol. The Balaban J connectivity index is 1.62. The minimum atomic E-state index is -0.703. The molecule has 0 saturated heterocycles. The zero-order valence-electron chi connectivity index (χ0n) is 19.0. The fourth-order valence-electron chi connectivity index (χ4n) is 3.82. The highest BCUT2D eigenvalue weighted by Crippen LogP contribution is 2.31. The molecule has 10 heteroatoms. The summed E-state index contributed by atoms with van der Waals surface area (Å²) in [6.45, 7) is 5.07. The third-order valence-corrected chi connectivity index (χ3v) is 6.26. The third-order valence-electron chi connectivity index (χ3n) is 5.32. The fourth-order valence-corrected chi connectivity index (χ4v) is 4.60. The summed E-state index contributed by atoms with van der Waals surface area (Å²) in [6, 6.07) is 11.9. The second kappa shape index (κ2) is 9.92. The maximum Gasteiger partial charge on any atom is 0.342 e. The van der Waals surface area contributed by atoms with Crippen LogP contribution in [0.1, 0.15) is 39.6 Å². The SMILES string of the molecule is CCOC(=O)C1=C(COC(=O)c2c(C)nn(-c3ccccc3)c2C)NC(=O)N[C@H]1c1cccs1. The first-order chi connectivity index (χ1) is 16.4. The third kappa shape index (κ3) is 4.58. The van der Waals surface area contributed by atoms with Crippen molar-refractivity contribution in [2.24, 2.45) is 0 Å². The summed E-state index contributed by atoms with van der Waals surface area (Å²) < 4.78 is 12.4. The molecule has 2 aromatic heterocycles. The molecule has 34 heavy (non-hydrogen) atoms. The summed E-state index contributed by atoms with van der Waals surface area (Å²) >= 11 is 1.40. The van der Waals surface area contributed by atoms with Crippen molar-refractivity contribution in [1.29, 1.82) is 0 Å². The molecule has 0 unspecified atom stereocenters. The highest BCUT2D eigenvalue weighted by atomic mass is 32.1. The van der Waals surface area contributed by atoms with E-state index in [1.54, 1.807) is 25.5 Å². The number of carbonyl (C=O) groups is 3. The number of amides is 2. The van der Waals surface area contributed by atoms with E-state index in [1.165, 1.54) is 11.3 Å². The zero-order chi connectivity index (χ0) is 24.2. The van der Waals surface area contributed by atoms with Crippen LogP contribution in [0.5, 0.6) is 0 Å². The highest BCUT2D eigenvalue weighted by Gasteiger charge is 2.35. The highest BCUT2D eigenvalue weighted by molar-refractivity contribution is 7.10. The minimum Gasteiger partial charge on any atom is -0.463 e. The molecule has 0 saturated carbocycles. The van der Waals surface area contributed by atoms with E-state index < -0.39 is 24.0 Å². The van der Waals surface area contributed by atoms with E-state index >= 15 is 0 Å². The summed E-state index contributed by atoms with van der Waals surface area (Å²) in [7, 11) is 0. The van der Waals surface area contributed by atoms with Crippen LogP contribution in [0.3, 0.4) is 0 Å². The molecule has 0 bridgehead atoms. The lowest BCUT2D eigenvalue weighted by Gasteiger charge is -2.28. The lowest BCUT2D eigenvalue weighted by Crippen LogP contribution is -2.46.